The summed E-state index contributed by atoms with van der Waals surface area (Å²) in [4.78, 5) is 13.5. The van der Waals surface area contributed by atoms with E-state index >= 15 is 0 Å². The van der Waals surface area contributed by atoms with Crippen molar-refractivity contribution in [2.75, 3.05) is 18.5 Å². The van der Waals surface area contributed by atoms with E-state index in [0.29, 0.717) is 5.82 Å². The molecule has 3 N–H and O–H groups in total. The molecular formula is C15H20N6S. The van der Waals surface area contributed by atoms with Crippen LogP contribution in [-0.2, 0) is 6.54 Å². The van der Waals surface area contributed by atoms with Crippen LogP contribution in [0, 0.1) is 6.92 Å². The summed E-state index contributed by atoms with van der Waals surface area (Å²) in [6.07, 6.45) is 4.03. The predicted molar refractivity (Wildman–Crippen MR) is 92.7 cm³/mol. The van der Waals surface area contributed by atoms with Crippen molar-refractivity contribution < 1.29 is 0 Å². The van der Waals surface area contributed by atoms with E-state index in [0.717, 1.165) is 53.0 Å². The van der Waals surface area contributed by atoms with Gasteiger partial charge in [-0.15, -0.1) is 0 Å². The molecule has 6 nitrogen and oxygen atoms in total. The Morgan fingerprint density at radius 2 is 2.14 bits per heavy atom. The van der Waals surface area contributed by atoms with Gasteiger partial charge in [-0.05, 0) is 38.9 Å². The molecule has 3 aromatic rings. The number of anilines is 1. The number of nitrogens with one attached hydrogen (secondary N) is 1. The van der Waals surface area contributed by atoms with E-state index in [9.17, 15) is 0 Å². The summed E-state index contributed by atoms with van der Waals surface area (Å²) in [6.45, 7) is 2.93. The van der Waals surface area contributed by atoms with Gasteiger partial charge in [0.1, 0.15) is 22.4 Å². The van der Waals surface area contributed by atoms with Gasteiger partial charge in [-0.3, -0.25) is 9.71 Å². The van der Waals surface area contributed by atoms with E-state index in [2.05, 4.69) is 24.2 Å². The van der Waals surface area contributed by atoms with E-state index in [-0.39, 0.29) is 0 Å². The molecule has 0 saturated carbocycles. The van der Waals surface area contributed by atoms with Gasteiger partial charge in [0.25, 0.3) is 0 Å². The van der Waals surface area contributed by atoms with Crippen LogP contribution < -0.4 is 10.5 Å². The molecule has 116 valence electrons. The first kappa shape index (κ1) is 15.1. The first-order valence-corrected chi connectivity index (χ1v) is 8.36. The predicted octanol–water partition coefficient (Wildman–Crippen LogP) is 2.52. The Labute approximate surface area is 133 Å². The lowest BCUT2D eigenvalue weighted by Crippen LogP contribution is -2.03. The quantitative estimate of drug-likeness (QED) is 0.537. The molecule has 0 saturated heterocycles. The molecule has 3 aromatic heterocycles. The highest BCUT2D eigenvalue weighted by atomic mass is 32.2. The zero-order valence-electron chi connectivity index (χ0n) is 12.8. The van der Waals surface area contributed by atoms with Crippen LogP contribution in [0.1, 0.15) is 18.7 Å². The first-order valence-electron chi connectivity index (χ1n) is 7.38. The summed E-state index contributed by atoms with van der Waals surface area (Å²) in [6, 6.07) is 3.82. The Hall–Kier alpha value is -1.86. The number of fused-ring (bicyclic) bond motifs is 3. The number of imidazole rings is 1. The second-order valence-corrected chi connectivity index (χ2v) is 6.24. The summed E-state index contributed by atoms with van der Waals surface area (Å²) in [5.41, 5.74) is 9.52. The van der Waals surface area contributed by atoms with Gasteiger partial charge in [0.05, 0.1) is 5.52 Å². The molecule has 0 spiro atoms. The fourth-order valence-electron chi connectivity index (χ4n) is 2.66. The number of hydrogen-bond acceptors (Lipinski definition) is 6. The van der Waals surface area contributed by atoms with Crippen molar-refractivity contribution in [1.29, 1.82) is 0 Å². The Morgan fingerprint density at radius 1 is 1.27 bits per heavy atom. The molecule has 0 aliphatic rings. The van der Waals surface area contributed by atoms with Crippen molar-refractivity contribution in [1.82, 2.24) is 24.2 Å². The van der Waals surface area contributed by atoms with Crippen molar-refractivity contribution in [3.05, 3.63) is 24.2 Å². The maximum absolute atomic E-state index is 6.07. The minimum atomic E-state index is 0.475. The molecule has 0 bridgehead atoms. The SMILES string of the molecule is CNSCCCCn1c(C)nc2c(N)nc3cccnc3c21. The topological polar surface area (TPSA) is 81.7 Å². The van der Waals surface area contributed by atoms with Crippen molar-refractivity contribution in [2.45, 2.75) is 26.3 Å². The molecule has 0 unspecified atom stereocenters. The minimum absolute atomic E-state index is 0.475. The third-order valence-electron chi connectivity index (χ3n) is 3.68. The summed E-state index contributed by atoms with van der Waals surface area (Å²) < 4.78 is 5.31. The lowest BCUT2D eigenvalue weighted by molar-refractivity contribution is 0.634. The molecule has 3 heterocycles. The maximum Gasteiger partial charge on any atom is 0.152 e. The van der Waals surface area contributed by atoms with Crippen LogP contribution in [-0.4, -0.2) is 32.3 Å². The third-order valence-corrected chi connectivity index (χ3v) is 4.46. The van der Waals surface area contributed by atoms with Gasteiger partial charge in [0, 0.05) is 18.5 Å². The highest BCUT2D eigenvalue weighted by molar-refractivity contribution is 7.97. The molecule has 22 heavy (non-hydrogen) atoms. The number of rotatable bonds is 6. The first-order chi connectivity index (χ1) is 10.7. The van der Waals surface area contributed by atoms with E-state index < -0.39 is 0 Å². The van der Waals surface area contributed by atoms with E-state index in [1.54, 1.807) is 18.1 Å². The fraction of sp³-hybridized carbons (Fsp3) is 0.400. The molecule has 0 amide bonds. The number of pyridine rings is 2. The van der Waals surface area contributed by atoms with Crippen molar-refractivity contribution >= 4 is 39.8 Å². The van der Waals surface area contributed by atoms with Gasteiger partial charge < -0.3 is 10.3 Å². The van der Waals surface area contributed by atoms with Gasteiger partial charge >= 0.3 is 0 Å². The highest BCUT2D eigenvalue weighted by Gasteiger charge is 2.15. The molecule has 0 aliphatic heterocycles. The van der Waals surface area contributed by atoms with Gasteiger partial charge in [0.2, 0.25) is 0 Å². The minimum Gasteiger partial charge on any atom is -0.382 e. The van der Waals surface area contributed by atoms with Crippen LogP contribution in [0.4, 0.5) is 5.82 Å². The summed E-state index contributed by atoms with van der Waals surface area (Å²) in [5.74, 6) is 2.54. The van der Waals surface area contributed by atoms with Crippen LogP contribution >= 0.6 is 11.9 Å². The Kier molecular flexibility index (Phi) is 4.44. The Balaban J connectivity index is 2.00. The summed E-state index contributed by atoms with van der Waals surface area (Å²) >= 11 is 1.74. The van der Waals surface area contributed by atoms with Crippen LogP contribution in [0.3, 0.4) is 0 Å². The fourth-order valence-corrected chi connectivity index (χ4v) is 3.21. The molecule has 0 aromatic carbocycles. The van der Waals surface area contributed by atoms with Gasteiger partial charge in [0.15, 0.2) is 5.82 Å². The Bertz CT molecular complexity index is 797. The van der Waals surface area contributed by atoms with Crippen molar-refractivity contribution in [2.24, 2.45) is 0 Å². The molecule has 0 fully saturated rings. The zero-order chi connectivity index (χ0) is 15.5. The van der Waals surface area contributed by atoms with E-state index in [1.807, 2.05) is 26.1 Å². The van der Waals surface area contributed by atoms with Gasteiger partial charge in [-0.2, -0.15) is 0 Å². The monoisotopic (exact) mass is 316 g/mol. The average Bonchev–Trinajstić information content (AvgIpc) is 2.85. The molecule has 0 atom stereocenters. The number of unbranched alkanes of at least 4 members (excludes halogenated alkanes) is 1. The lowest BCUT2D eigenvalue weighted by Gasteiger charge is -2.08. The third kappa shape index (κ3) is 2.74. The number of nitrogen functional groups attached to an aromatic ring is 1. The zero-order valence-corrected chi connectivity index (χ0v) is 13.7. The van der Waals surface area contributed by atoms with Gasteiger partial charge in [-0.25, -0.2) is 9.97 Å². The summed E-state index contributed by atoms with van der Waals surface area (Å²) in [5, 5.41) is 0. The van der Waals surface area contributed by atoms with Crippen LogP contribution in [0.5, 0.6) is 0 Å². The number of aryl methyl sites for hydroxylation is 2. The van der Waals surface area contributed by atoms with Crippen molar-refractivity contribution in [3.8, 4) is 0 Å². The number of hydrogen-bond donors (Lipinski definition) is 2. The van der Waals surface area contributed by atoms with E-state index in [1.165, 1.54) is 0 Å². The molecule has 0 radical (unpaired) electrons. The van der Waals surface area contributed by atoms with E-state index in [4.69, 9.17) is 5.73 Å². The molecule has 3 rings (SSSR count). The van der Waals surface area contributed by atoms with Crippen LogP contribution in [0.25, 0.3) is 22.1 Å². The summed E-state index contributed by atoms with van der Waals surface area (Å²) in [7, 11) is 1.95. The largest absolute Gasteiger partial charge is 0.382 e. The van der Waals surface area contributed by atoms with Gasteiger partial charge in [-0.1, -0.05) is 11.9 Å². The highest BCUT2D eigenvalue weighted by Crippen LogP contribution is 2.27. The maximum atomic E-state index is 6.07. The van der Waals surface area contributed by atoms with Crippen LogP contribution in [0.15, 0.2) is 18.3 Å². The molecule has 7 heteroatoms. The number of nitrogens with two attached hydrogens (primary N) is 1. The second-order valence-electron chi connectivity index (χ2n) is 5.14. The second kappa shape index (κ2) is 6.50. The molecular weight excluding hydrogens is 296 g/mol. The Morgan fingerprint density at radius 3 is 2.95 bits per heavy atom. The smallest absolute Gasteiger partial charge is 0.152 e. The van der Waals surface area contributed by atoms with Crippen LogP contribution in [0.2, 0.25) is 0 Å². The number of nitrogens with zero attached hydrogens (tertiary/aromatic N) is 4. The normalized spacial score (nSPS) is 11.5. The average molecular weight is 316 g/mol. The lowest BCUT2D eigenvalue weighted by atomic mass is 10.2. The van der Waals surface area contributed by atoms with Crippen molar-refractivity contribution in [3.63, 3.8) is 0 Å². The number of aromatic nitrogens is 4. The standard InChI is InChI=1S/C15H20N6S/c1-10-19-13-14(21(10)8-3-4-9-22-17-2)12-11(20-15(13)16)6-5-7-18-12/h5-7,17H,3-4,8-9H2,1-2H3,(H2,16,20). The molecule has 0 aliphatic carbocycles.